The molecule has 2 aromatic rings. The van der Waals surface area contributed by atoms with Gasteiger partial charge in [0.05, 0.1) is 11.2 Å². The van der Waals surface area contributed by atoms with Gasteiger partial charge >= 0.3 is 0 Å². The van der Waals surface area contributed by atoms with E-state index in [4.69, 9.17) is 16.3 Å². The molecule has 0 bridgehead atoms. The smallest absolute Gasteiger partial charge is 0.138 e. The van der Waals surface area contributed by atoms with Crippen molar-refractivity contribution in [2.24, 2.45) is 7.05 Å². The fraction of sp³-hybridized carbons (Fsp3) is 0.400. The third kappa shape index (κ3) is 5.38. The summed E-state index contributed by atoms with van der Waals surface area (Å²) in [6.45, 7) is 1.48. The summed E-state index contributed by atoms with van der Waals surface area (Å²) in [6.07, 6.45) is 4.14. The van der Waals surface area contributed by atoms with Crippen LogP contribution in [0.2, 0.25) is 5.02 Å². The van der Waals surface area contributed by atoms with Crippen LogP contribution in [0.15, 0.2) is 36.7 Å². The van der Waals surface area contributed by atoms with Gasteiger partial charge in [-0.25, -0.2) is 0 Å². The van der Waals surface area contributed by atoms with Gasteiger partial charge in [-0.1, -0.05) is 23.7 Å². The highest BCUT2D eigenvalue weighted by Gasteiger charge is 2.06. The Morgan fingerprint density at radius 1 is 1.43 bits per heavy atom. The van der Waals surface area contributed by atoms with Crippen molar-refractivity contribution in [3.8, 4) is 5.75 Å². The van der Waals surface area contributed by atoms with Crippen LogP contribution in [-0.4, -0.2) is 40.7 Å². The van der Waals surface area contributed by atoms with E-state index in [1.807, 2.05) is 31.6 Å². The van der Waals surface area contributed by atoms with Gasteiger partial charge in [-0.3, -0.25) is 4.68 Å². The molecule has 0 radical (unpaired) electrons. The van der Waals surface area contributed by atoms with E-state index in [2.05, 4.69) is 10.4 Å². The lowest BCUT2D eigenvalue weighted by Crippen LogP contribution is -2.32. The number of benzene rings is 1. The molecular weight excluding hydrogens is 290 g/mol. The first kappa shape index (κ1) is 15.8. The van der Waals surface area contributed by atoms with Crippen molar-refractivity contribution in [2.75, 3.05) is 19.7 Å². The molecule has 6 heteroatoms. The molecule has 1 heterocycles. The average Bonchev–Trinajstić information content (AvgIpc) is 2.88. The Morgan fingerprint density at radius 3 is 2.95 bits per heavy atom. The summed E-state index contributed by atoms with van der Waals surface area (Å²) in [7, 11) is 1.90. The number of aryl methyl sites for hydroxylation is 1. The number of nitrogens with zero attached hydrogens (tertiary/aromatic N) is 2. The average molecular weight is 310 g/mol. The Kier molecular flexibility index (Phi) is 6.04. The van der Waals surface area contributed by atoms with Crippen LogP contribution in [0.5, 0.6) is 5.75 Å². The third-order valence-corrected chi connectivity index (χ3v) is 3.31. The third-order valence-electron chi connectivity index (χ3n) is 3.00. The van der Waals surface area contributed by atoms with Crippen LogP contribution < -0.4 is 10.1 Å². The Bertz CT molecular complexity index is 559. The fourth-order valence-corrected chi connectivity index (χ4v) is 2.10. The molecule has 1 unspecified atom stereocenters. The lowest BCUT2D eigenvalue weighted by Gasteiger charge is -2.13. The van der Waals surface area contributed by atoms with E-state index in [1.54, 1.807) is 16.8 Å². The minimum atomic E-state index is -0.574. The molecule has 2 N–H and O–H groups in total. The standard InChI is InChI=1S/C15H20ClN3O2/c1-19-10-12(8-18-19)6-7-17-9-13(20)11-21-15-5-3-2-4-14(15)16/h2-5,8,10,13,17,20H,6-7,9,11H2,1H3. The van der Waals surface area contributed by atoms with Crippen LogP contribution in [0.1, 0.15) is 5.56 Å². The minimum absolute atomic E-state index is 0.212. The number of aliphatic hydroxyl groups is 1. The zero-order chi connectivity index (χ0) is 15.1. The van der Waals surface area contributed by atoms with Gasteiger partial charge < -0.3 is 15.2 Å². The monoisotopic (exact) mass is 309 g/mol. The van der Waals surface area contributed by atoms with Crippen molar-refractivity contribution in [3.05, 3.63) is 47.2 Å². The highest BCUT2D eigenvalue weighted by molar-refractivity contribution is 6.32. The number of aromatic nitrogens is 2. The van der Waals surface area contributed by atoms with Gasteiger partial charge in [-0.05, 0) is 30.7 Å². The SMILES string of the molecule is Cn1cc(CCNCC(O)COc2ccccc2Cl)cn1. The summed E-state index contributed by atoms with van der Waals surface area (Å²) in [5.41, 5.74) is 1.17. The van der Waals surface area contributed by atoms with Gasteiger partial charge in [0.2, 0.25) is 0 Å². The molecule has 0 amide bonds. The molecule has 1 atom stereocenters. The summed E-state index contributed by atoms with van der Waals surface area (Å²) in [6, 6.07) is 7.23. The van der Waals surface area contributed by atoms with Gasteiger partial charge in [0.1, 0.15) is 18.5 Å². The normalized spacial score (nSPS) is 12.3. The molecule has 5 nitrogen and oxygen atoms in total. The van der Waals surface area contributed by atoms with Crippen LogP contribution in [0.3, 0.4) is 0 Å². The van der Waals surface area contributed by atoms with Crippen molar-refractivity contribution in [3.63, 3.8) is 0 Å². The molecule has 114 valence electrons. The molecule has 0 fully saturated rings. The predicted molar refractivity (Wildman–Crippen MR) is 82.7 cm³/mol. The zero-order valence-corrected chi connectivity index (χ0v) is 12.8. The summed E-state index contributed by atoms with van der Waals surface area (Å²) in [4.78, 5) is 0. The molecule has 0 aliphatic heterocycles. The lowest BCUT2D eigenvalue weighted by molar-refractivity contribution is 0.107. The van der Waals surface area contributed by atoms with Crippen LogP contribution in [0, 0.1) is 0 Å². The number of aliphatic hydroxyl groups excluding tert-OH is 1. The predicted octanol–water partition coefficient (Wildman–Crippen LogP) is 1.65. The number of hydrogen-bond donors (Lipinski definition) is 2. The van der Waals surface area contributed by atoms with Crippen molar-refractivity contribution >= 4 is 11.6 Å². The maximum atomic E-state index is 9.86. The molecular formula is C15H20ClN3O2. The van der Waals surface area contributed by atoms with Gasteiger partial charge in [0, 0.05) is 19.8 Å². The summed E-state index contributed by atoms with van der Waals surface area (Å²) >= 11 is 5.97. The van der Waals surface area contributed by atoms with Crippen LogP contribution in [-0.2, 0) is 13.5 Å². The maximum Gasteiger partial charge on any atom is 0.138 e. The number of hydrogen-bond acceptors (Lipinski definition) is 4. The summed E-state index contributed by atoms with van der Waals surface area (Å²) < 4.78 is 7.26. The summed E-state index contributed by atoms with van der Waals surface area (Å²) in [5, 5.41) is 17.7. The van der Waals surface area contributed by atoms with Gasteiger partial charge in [-0.2, -0.15) is 5.10 Å². The Balaban J connectivity index is 1.61. The molecule has 0 spiro atoms. The second kappa shape index (κ2) is 8.02. The molecule has 0 saturated heterocycles. The van der Waals surface area contributed by atoms with Crippen LogP contribution in [0.25, 0.3) is 0 Å². The lowest BCUT2D eigenvalue weighted by atomic mass is 10.2. The topological polar surface area (TPSA) is 59.3 Å². The minimum Gasteiger partial charge on any atom is -0.489 e. The quantitative estimate of drug-likeness (QED) is 0.728. The second-order valence-corrected chi connectivity index (χ2v) is 5.28. The molecule has 0 aliphatic carbocycles. The van der Waals surface area contributed by atoms with Gasteiger partial charge in [0.15, 0.2) is 0 Å². The zero-order valence-electron chi connectivity index (χ0n) is 12.0. The van der Waals surface area contributed by atoms with Crippen molar-refractivity contribution < 1.29 is 9.84 Å². The maximum absolute atomic E-state index is 9.86. The molecule has 0 saturated carbocycles. The fourth-order valence-electron chi connectivity index (χ4n) is 1.91. The van der Waals surface area contributed by atoms with E-state index in [0.717, 1.165) is 13.0 Å². The van der Waals surface area contributed by atoms with E-state index in [-0.39, 0.29) is 6.61 Å². The summed E-state index contributed by atoms with van der Waals surface area (Å²) in [5.74, 6) is 0.591. The molecule has 1 aromatic carbocycles. The molecule has 1 aromatic heterocycles. The van der Waals surface area contributed by atoms with E-state index < -0.39 is 6.10 Å². The van der Waals surface area contributed by atoms with Gasteiger partial charge in [0.25, 0.3) is 0 Å². The first-order chi connectivity index (χ1) is 10.1. The molecule has 0 aliphatic rings. The molecule has 2 rings (SSSR count). The number of nitrogens with one attached hydrogen (secondary N) is 1. The first-order valence-corrected chi connectivity index (χ1v) is 7.26. The first-order valence-electron chi connectivity index (χ1n) is 6.89. The Labute approximate surface area is 129 Å². The highest BCUT2D eigenvalue weighted by atomic mass is 35.5. The van der Waals surface area contributed by atoms with E-state index >= 15 is 0 Å². The Morgan fingerprint density at radius 2 is 2.24 bits per heavy atom. The molecule has 21 heavy (non-hydrogen) atoms. The van der Waals surface area contributed by atoms with E-state index in [0.29, 0.717) is 17.3 Å². The van der Waals surface area contributed by atoms with Crippen molar-refractivity contribution in [1.29, 1.82) is 0 Å². The largest absolute Gasteiger partial charge is 0.489 e. The van der Waals surface area contributed by atoms with Crippen LogP contribution in [0.4, 0.5) is 0 Å². The van der Waals surface area contributed by atoms with Crippen LogP contribution >= 0.6 is 11.6 Å². The number of para-hydroxylation sites is 1. The number of halogens is 1. The van der Waals surface area contributed by atoms with Crippen molar-refractivity contribution in [1.82, 2.24) is 15.1 Å². The van der Waals surface area contributed by atoms with E-state index in [1.165, 1.54) is 5.56 Å². The van der Waals surface area contributed by atoms with Crippen molar-refractivity contribution in [2.45, 2.75) is 12.5 Å². The Hall–Kier alpha value is -1.56. The number of ether oxygens (including phenoxy) is 1. The van der Waals surface area contributed by atoms with Gasteiger partial charge in [-0.15, -0.1) is 0 Å². The van der Waals surface area contributed by atoms with E-state index in [9.17, 15) is 5.11 Å². The second-order valence-electron chi connectivity index (χ2n) is 4.87. The number of rotatable bonds is 8. The highest BCUT2D eigenvalue weighted by Crippen LogP contribution is 2.22.